The van der Waals surface area contributed by atoms with E-state index in [2.05, 4.69) is 72.4 Å². The third-order valence-electron chi connectivity index (χ3n) is 8.11. The first-order chi connectivity index (χ1) is 16.4. The molecule has 1 aromatic heterocycles. The van der Waals surface area contributed by atoms with E-state index in [1.807, 2.05) is 19.4 Å². The van der Waals surface area contributed by atoms with Crippen LogP contribution in [0.15, 0.2) is 36.8 Å². The summed E-state index contributed by atoms with van der Waals surface area (Å²) < 4.78 is 5.97. The van der Waals surface area contributed by atoms with Crippen molar-refractivity contribution in [3.05, 3.63) is 64.6 Å². The average molecular weight is 463 g/mol. The van der Waals surface area contributed by atoms with Gasteiger partial charge in [0.2, 0.25) is 0 Å². The van der Waals surface area contributed by atoms with Crippen molar-refractivity contribution in [2.24, 2.45) is 11.3 Å². The van der Waals surface area contributed by atoms with Crippen LogP contribution < -0.4 is 10.1 Å². The summed E-state index contributed by atoms with van der Waals surface area (Å²) in [4.78, 5) is 9.28. The number of rotatable bonds is 9. The first-order valence-electron chi connectivity index (χ1n) is 12.8. The topological polar surface area (TPSA) is 40.6 Å². The Bertz CT molecular complexity index is 998. The number of aryl methyl sites for hydroxylation is 2. The molecule has 1 N–H and O–H groups in total. The highest BCUT2D eigenvalue weighted by molar-refractivity contribution is 5.82. The van der Waals surface area contributed by atoms with Crippen LogP contribution in [-0.2, 0) is 13.0 Å². The monoisotopic (exact) mass is 462 g/mol. The number of benzene rings is 1. The Hall–Kier alpha value is -2.37. The molecule has 1 atom stereocenters. The number of nitrogens with one attached hydrogen (secondary N) is 1. The van der Waals surface area contributed by atoms with Crippen LogP contribution in [0.2, 0.25) is 0 Å². The van der Waals surface area contributed by atoms with Crippen LogP contribution >= 0.6 is 0 Å². The average Bonchev–Trinajstić information content (AvgIpc) is 3.50. The van der Waals surface area contributed by atoms with Gasteiger partial charge >= 0.3 is 0 Å². The van der Waals surface area contributed by atoms with Crippen LogP contribution in [-0.4, -0.2) is 62.7 Å². The second-order valence-corrected chi connectivity index (χ2v) is 10.5. The quantitative estimate of drug-likeness (QED) is 0.583. The summed E-state index contributed by atoms with van der Waals surface area (Å²) in [5.41, 5.74) is 8.00. The minimum absolute atomic E-state index is 0.623. The predicted molar refractivity (Wildman–Crippen MR) is 141 cm³/mol. The SMILES string of the molecule is CCc1cc(/C(=C/NC)c2ccncc2C)cc(OC)c1CN(C)CC1CC12CCN(C)CC2. The highest BCUT2D eigenvalue weighted by Gasteiger charge is 2.54. The summed E-state index contributed by atoms with van der Waals surface area (Å²) in [6.45, 7) is 8.99. The first-order valence-corrected chi connectivity index (χ1v) is 12.8. The van der Waals surface area contributed by atoms with E-state index in [1.54, 1.807) is 7.11 Å². The van der Waals surface area contributed by atoms with Crippen LogP contribution in [0.1, 0.15) is 54.0 Å². The van der Waals surface area contributed by atoms with Gasteiger partial charge in [-0.3, -0.25) is 4.98 Å². The predicted octanol–water partition coefficient (Wildman–Crippen LogP) is 4.73. The highest BCUT2D eigenvalue weighted by atomic mass is 16.5. The Morgan fingerprint density at radius 2 is 2.09 bits per heavy atom. The molecule has 0 bridgehead atoms. The number of pyridine rings is 1. The van der Waals surface area contributed by atoms with Gasteiger partial charge in [0.25, 0.3) is 0 Å². The molecule has 2 aliphatic rings. The maximum Gasteiger partial charge on any atom is 0.124 e. The zero-order chi connectivity index (χ0) is 24.3. The molecule has 4 rings (SSSR count). The molecule has 1 spiro atoms. The van der Waals surface area contributed by atoms with Crippen molar-refractivity contribution in [1.82, 2.24) is 20.1 Å². The fourth-order valence-electron chi connectivity index (χ4n) is 5.85. The Labute approximate surface area is 206 Å². The van der Waals surface area contributed by atoms with Crippen LogP contribution in [0.4, 0.5) is 0 Å². The molecule has 1 aliphatic heterocycles. The summed E-state index contributed by atoms with van der Waals surface area (Å²) >= 11 is 0. The Balaban J connectivity index is 1.56. The van der Waals surface area contributed by atoms with E-state index >= 15 is 0 Å². The number of ether oxygens (including phenoxy) is 1. The zero-order valence-electron chi connectivity index (χ0n) is 21.9. The lowest BCUT2D eigenvalue weighted by atomic mass is 9.90. The molecule has 34 heavy (non-hydrogen) atoms. The highest BCUT2D eigenvalue weighted by Crippen LogP contribution is 2.59. The van der Waals surface area contributed by atoms with Crippen molar-refractivity contribution in [3.63, 3.8) is 0 Å². The molecule has 5 heteroatoms. The summed E-state index contributed by atoms with van der Waals surface area (Å²) in [5, 5.41) is 3.24. The second-order valence-electron chi connectivity index (χ2n) is 10.5. The third kappa shape index (κ3) is 5.16. The largest absolute Gasteiger partial charge is 0.496 e. The van der Waals surface area contributed by atoms with Crippen molar-refractivity contribution >= 4 is 5.57 Å². The molecule has 184 valence electrons. The standard InChI is InChI=1S/C29H42N4O/c1-7-22-14-23(26(18-30-3)25-8-11-31-17-21(25)2)15-28(34-6)27(22)20-33(5)19-24-16-29(24)9-12-32(4)13-10-29/h8,11,14-15,17-18,24,30H,7,9-10,12-13,16,19-20H2,1-6H3/b26-18-. The molecule has 1 unspecified atom stereocenters. The molecule has 1 saturated carbocycles. The van der Waals surface area contributed by atoms with Gasteiger partial charge in [0.15, 0.2) is 0 Å². The van der Waals surface area contributed by atoms with E-state index < -0.39 is 0 Å². The number of hydrogen-bond acceptors (Lipinski definition) is 5. The maximum absolute atomic E-state index is 5.97. The minimum Gasteiger partial charge on any atom is -0.496 e. The lowest BCUT2D eigenvalue weighted by Gasteiger charge is -2.31. The van der Waals surface area contributed by atoms with Crippen molar-refractivity contribution < 1.29 is 4.74 Å². The van der Waals surface area contributed by atoms with E-state index in [9.17, 15) is 0 Å². The number of methoxy groups -OCH3 is 1. The fraction of sp³-hybridized carbons (Fsp3) is 0.552. The molecule has 1 saturated heterocycles. The van der Waals surface area contributed by atoms with Gasteiger partial charge < -0.3 is 19.9 Å². The Morgan fingerprint density at radius 1 is 1.32 bits per heavy atom. The van der Waals surface area contributed by atoms with Crippen LogP contribution in [0.3, 0.4) is 0 Å². The number of piperidine rings is 1. The molecule has 0 radical (unpaired) electrons. The molecule has 5 nitrogen and oxygen atoms in total. The number of aromatic nitrogens is 1. The van der Waals surface area contributed by atoms with E-state index in [1.165, 1.54) is 61.2 Å². The van der Waals surface area contributed by atoms with Crippen LogP contribution in [0, 0.1) is 18.3 Å². The van der Waals surface area contributed by atoms with Gasteiger partial charge in [-0.1, -0.05) is 13.0 Å². The van der Waals surface area contributed by atoms with Gasteiger partial charge in [0.05, 0.1) is 7.11 Å². The van der Waals surface area contributed by atoms with Gasteiger partial charge in [-0.15, -0.1) is 0 Å². The molecule has 1 aromatic carbocycles. The third-order valence-corrected chi connectivity index (χ3v) is 8.11. The molecule has 0 amide bonds. The molecule has 2 aromatic rings. The maximum atomic E-state index is 5.97. The lowest BCUT2D eigenvalue weighted by molar-refractivity contribution is 0.180. The summed E-state index contributed by atoms with van der Waals surface area (Å²) in [5.74, 6) is 1.83. The van der Waals surface area contributed by atoms with Crippen molar-refractivity contribution in [2.75, 3.05) is 47.9 Å². The Morgan fingerprint density at radius 3 is 2.74 bits per heavy atom. The summed E-state index contributed by atoms with van der Waals surface area (Å²) in [6, 6.07) is 6.65. The molecule has 2 fully saturated rings. The van der Waals surface area contributed by atoms with Gasteiger partial charge in [-0.05, 0) is 106 Å². The lowest BCUT2D eigenvalue weighted by Crippen LogP contribution is -2.33. The second kappa shape index (κ2) is 10.5. The van der Waals surface area contributed by atoms with Crippen LogP contribution in [0.5, 0.6) is 5.75 Å². The normalized spacial score (nSPS) is 20.1. The van der Waals surface area contributed by atoms with Crippen molar-refractivity contribution in [2.45, 2.75) is 46.1 Å². The van der Waals surface area contributed by atoms with Crippen molar-refractivity contribution in [3.8, 4) is 5.75 Å². The van der Waals surface area contributed by atoms with E-state index in [4.69, 9.17) is 4.74 Å². The van der Waals surface area contributed by atoms with Gasteiger partial charge in [-0.25, -0.2) is 0 Å². The van der Waals surface area contributed by atoms with Gasteiger partial charge in [0, 0.05) is 49.9 Å². The molecule has 2 heterocycles. The first kappa shape index (κ1) is 24.7. The van der Waals surface area contributed by atoms with Gasteiger partial charge in [-0.2, -0.15) is 0 Å². The van der Waals surface area contributed by atoms with E-state index in [-0.39, 0.29) is 0 Å². The number of nitrogens with zero attached hydrogens (tertiary/aromatic N) is 3. The smallest absolute Gasteiger partial charge is 0.124 e. The van der Waals surface area contributed by atoms with Crippen LogP contribution in [0.25, 0.3) is 5.57 Å². The van der Waals surface area contributed by atoms with E-state index in [0.717, 1.165) is 35.8 Å². The fourth-order valence-corrected chi connectivity index (χ4v) is 5.85. The van der Waals surface area contributed by atoms with Crippen molar-refractivity contribution in [1.29, 1.82) is 0 Å². The summed E-state index contributed by atoms with van der Waals surface area (Å²) in [7, 11) is 8.29. The molecular formula is C29H42N4O. The minimum atomic E-state index is 0.623. The molecular weight excluding hydrogens is 420 g/mol. The summed E-state index contributed by atoms with van der Waals surface area (Å²) in [6.07, 6.45) is 11.0. The van der Waals surface area contributed by atoms with E-state index in [0.29, 0.717) is 5.41 Å². The number of likely N-dealkylation sites (tertiary alicyclic amines) is 1. The van der Waals surface area contributed by atoms with Gasteiger partial charge in [0.1, 0.15) is 5.75 Å². The molecule has 1 aliphatic carbocycles. The number of hydrogen-bond donors (Lipinski definition) is 1. The Kier molecular flexibility index (Phi) is 7.63. The zero-order valence-corrected chi connectivity index (χ0v) is 21.9.